The maximum atomic E-state index is 9.48. The van der Waals surface area contributed by atoms with Gasteiger partial charge in [0, 0.05) is 19.3 Å². The van der Waals surface area contributed by atoms with Gasteiger partial charge in [0.1, 0.15) is 0 Å². The van der Waals surface area contributed by atoms with Crippen LogP contribution in [0.2, 0.25) is 0 Å². The van der Waals surface area contributed by atoms with Crippen LogP contribution in [-0.4, -0.2) is 15.8 Å². The predicted molar refractivity (Wildman–Crippen MR) is 73.6 cm³/mol. The van der Waals surface area contributed by atoms with E-state index in [1.54, 1.807) is 4.68 Å². The molecule has 3 rings (SSSR count). The van der Waals surface area contributed by atoms with Crippen molar-refractivity contribution in [2.45, 2.75) is 24.3 Å². The summed E-state index contributed by atoms with van der Waals surface area (Å²) in [6.45, 7) is 0. The van der Waals surface area contributed by atoms with E-state index in [0.717, 1.165) is 24.1 Å². The minimum absolute atomic E-state index is 0.318. The van der Waals surface area contributed by atoms with Gasteiger partial charge in [0.25, 0.3) is 0 Å². The Morgan fingerprint density at radius 1 is 1.37 bits per heavy atom. The highest BCUT2D eigenvalue weighted by Crippen LogP contribution is 2.44. The second-order valence-electron chi connectivity index (χ2n) is 5.21. The molecule has 1 N–H and O–H groups in total. The fourth-order valence-corrected chi connectivity index (χ4v) is 2.76. The van der Waals surface area contributed by atoms with E-state index >= 15 is 0 Å². The van der Waals surface area contributed by atoms with Crippen molar-refractivity contribution in [3.8, 4) is 6.07 Å². The average Bonchev–Trinajstić information content (AvgIpc) is 2.80. The zero-order valence-electron chi connectivity index (χ0n) is 10.9. The first-order valence-corrected chi connectivity index (χ1v) is 6.44. The van der Waals surface area contributed by atoms with Crippen LogP contribution in [0.4, 0.5) is 5.69 Å². The van der Waals surface area contributed by atoms with Crippen LogP contribution < -0.4 is 5.32 Å². The number of rotatable bonds is 3. The Bertz CT molecular complexity index is 603. The van der Waals surface area contributed by atoms with Gasteiger partial charge in [-0.1, -0.05) is 30.3 Å². The number of hydrogen-bond acceptors (Lipinski definition) is 3. The second-order valence-corrected chi connectivity index (χ2v) is 5.21. The number of hydrogen-bond donors (Lipinski definition) is 1. The summed E-state index contributed by atoms with van der Waals surface area (Å²) in [6.07, 6.45) is 5.47. The van der Waals surface area contributed by atoms with Gasteiger partial charge in [-0.2, -0.15) is 10.4 Å². The van der Waals surface area contributed by atoms with Gasteiger partial charge < -0.3 is 5.32 Å². The molecule has 1 aliphatic carbocycles. The van der Waals surface area contributed by atoms with Crippen LogP contribution in [0.1, 0.15) is 18.4 Å². The maximum absolute atomic E-state index is 9.48. The number of anilines is 1. The third kappa shape index (κ3) is 2.08. The monoisotopic (exact) mass is 252 g/mol. The standard InChI is InChI=1S/C15H16N4/c1-19-10-14(9-17-19)18-13-7-15(8-13,11-16)12-5-3-2-4-6-12/h2-6,9-10,13,18H,7-8H2,1H3. The molecule has 2 aromatic rings. The van der Waals surface area contributed by atoms with Crippen molar-refractivity contribution in [2.75, 3.05) is 5.32 Å². The van der Waals surface area contributed by atoms with Crippen molar-refractivity contribution < 1.29 is 0 Å². The van der Waals surface area contributed by atoms with Crippen molar-refractivity contribution in [1.29, 1.82) is 5.26 Å². The van der Waals surface area contributed by atoms with Crippen molar-refractivity contribution in [2.24, 2.45) is 7.05 Å². The first-order chi connectivity index (χ1) is 9.22. The molecule has 1 aliphatic rings. The number of aryl methyl sites for hydroxylation is 1. The summed E-state index contributed by atoms with van der Waals surface area (Å²) in [5.41, 5.74) is 1.83. The smallest absolute Gasteiger partial charge is 0.0861 e. The summed E-state index contributed by atoms with van der Waals surface area (Å²) in [4.78, 5) is 0. The van der Waals surface area contributed by atoms with Crippen molar-refractivity contribution >= 4 is 5.69 Å². The Hall–Kier alpha value is -2.28. The van der Waals surface area contributed by atoms with Gasteiger partial charge >= 0.3 is 0 Å². The van der Waals surface area contributed by atoms with E-state index < -0.39 is 0 Å². The van der Waals surface area contributed by atoms with Gasteiger partial charge in [0.05, 0.1) is 23.4 Å². The van der Waals surface area contributed by atoms with E-state index in [0.29, 0.717) is 6.04 Å². The molecule has 0 unspecified atom stereocenters. The molecule has 0 aliphatic heterocycles. The average molecular weight is 252 g/mol. The summed E-state index contributed by atoms with van der Waals surface area (Å²) >= 11 is 0. The first-order valence-electron chi connectivity index (χ1n) is 6.44. The molecule has 4 heteroatoms. The van der Waals surface area contributed by atoms with Crippen LogP contribution in [0.25, 0.3) is 0 Å². The zero-order chi connectivity index (χ0) is 13.3. The largest absolute Gasteiger partial charge is 0.380 e. The highest BCUT2D eigenvalue weighted by molar-refractivity contribution is 5.44. The third-order valence-electron chi connectivity index (χ3n) is 3.81. The van der Waals surface area contributed by atoms with Crippen LogP contribution in [0.5, 0.6) is 0 Å². The van der Waals surface area contributed by atoms with E-state index in [1.165, 1.54) is 0 Å². The molecule has 0 radical (unpaired) electrons. The second kappa shape index (κ2) is 4.43. The molecule has 0 bridgehead atoms. The van der Waals surface area contributed by atoms with E-state index in [1.807, 2.05) is 49.8 Å². The molecule has 0 atom stereocenters. The van der Waals surface area contributed by atoms with Crippen LogP contribution in [0.15, 0.2) is 42.7 Å². The van der Waals surface area contributed by atoms with Gasteiger partial charge in [-0.15, -0.1) is 0 Å². The minimum atomic E-state index is -0.318. The van der Waals surface area contributed by atoms with Gasteiger partial charge in [0.2, 0.25) is 0 Å². The molecular weight excluding hydrogens is 236 g/mol. The molecule has 1 aromatic carbocycles. The van der Waals surface area contributed by atoms with Gasteiger partial charge in [0.15, 0.2) is 0 Å². The van der Waals surface area contributed by atoms with Gasteiger partial charge in [-0.25, -0.2) is 0 Å². The number of nitriles is 1. The number of benzene rings is 1. The number of nitrogens with zero attached hydrogens (tertiary/aromatic N) is 3. The Kier molecular flexibility index (Phi) is 2.75. The van der Waals surface area contributed by atoms with Crippen LogP contribution in [0, 0.1) is 11.3 Å². The Morgan fingerprint density at radius 3 is 2.68 bits per heavy atom. The molecule has 1 fully saturated rings. The minimum Gasteiger partial charge on any atom is -0.380 e. The lowest BCUT2D eigenvalue weighted by Crippen LogP contribution is -2.47. The fourth-order valence-electron chi connectivity index (χ4n) is 2.76. The third-order valence-corrected chi connectivity index (χ3v) is 3.81. The Morgan fingerprint density at radius 2 is 2.11 bits per heavy atom. The summed E-state index contributed by atoms with van der Waals surface area (Å²) in [7, 11) is 1.90. The topological polar surface area (TPSA) is 53.6 Å². The predicted octanol–water partition coefficient (Wildman–Crippen LogP) is 2.46. The lowest BCUT2D eigenvalue weighted by molar-refractivity contribution is 0.289. The molecule has 0 spiro atoms. The highest BCUT2D eigenvalue weighted by atomic mass is 15.3. The SMILES string of the molecule is Cn1cc(NC2CC(C#N)(c3ccccc3)C2)cn1. The number of nitrogens with one attached hydrogen (secondary N) is 1. The zero-order valence-corrected chi connectivity index (χ0v) is 10.9. The van der Waals surface area contributed by atoms with E-state index in [-0.39, 0.29) is 5.41 Å². The summed E-state index contributed by atoms with van der Waals surface area (Å²) in [6, 6.07) is 12.9. The molecule has 1 heterocycles. The van der Waals surface area contributed by atoms with Gasteiger partial charge in [-0.05, 0) is 18.4 Å². The van der Waals surface area contributed by atoms with Crippen LogP contribution in [-0.2, 0) is 12.5 Å². The first kappa shape index (κ1) is 11.8. The normalized spacial score (nSPS) is 25.4. The van der Waals surface area contributed by atoms with Crippen molar-refractivity contribution in [3.05, 3.63) is 48.3 Å². The van der Waals surface area contributed by atoms with Crippen LogP contribution >= 0.6 is 0 Å². The quantitative estimate of drug-likeness (QED) is 0.913. The number of aromatic nitrogens is 2. The lowest BCUT2D eigenvalue weighted by Gasteiger charge is -2.43. The molecular formula is C15H16N4. The van der Waals surface area contributed by atoms with Crippen LogP contribution in [0.3, 0.4) is 0 Å². The molecule has 1 saturated carbocycles. The molecule has 1 aromatic heterocycles. The molecule has 96 valence electrons. The van der Waals surface area contributed by atoms with Crippen molar-refractivity contribution in [1.82, 2.24) is 9.78 Å². The Labute approximate surface area is 112 Å². The van der Waals surface area contributed by atoms with Crippen molar-refractivity contribution in [3.63, 3.8) is 0 Å². The molecule has 0 saturated heterocycles. The lowest BCUT2D eigenvalue weighted by atomic mass is 9.62. The molecule has 19 heavy (non-hydrogen) atoms. The van der Waals surface area contributed by atoms with E-state index in [4.69, 9.17) is 0 Å². The molecule has 0 amide bonds. The fraction of sp³-hybridized carbons (Fsp3) is 0.333. The summed E-state index contributed by atoms with van der Waals surface area (Å²) < 4.78 is 1.77. The maximum Gasteiger partial charge on any atom is 0.0861 e. The summed E-state index contributed by atoms with van der Waals surface area (Å²) in [5, 5.41) is 17.0. The van der Waals surface area contributed by atoms with E-state index in [9.17, 15) is 5.26 Å². The summed E-state index contributed by atoms with van der Waals surface area (Å²) in [5.74, 6) is 0. The van der Waals surface area contributed by atoms with Gasteiger partial charge in [-0.3, -0.25) is 4.68 Å². The highest BCUT2D eigenvalue weighted by Gasteiger charge is 2.46. The van der Waals surface area contributed by atoms with E-state index in [2.05, 4.69) is 16.5 Å². The Balaban J connectivity index is 1.69. The molecule has 4 nitrogen and oxygen atoms in total.